The van der Waals surface area contributed by atoms with E-state index in [1.54, 1.807) is 24.3 Å². The lowest BCUT2D eigenvalue weighted by molar-refractivity contribution is -0.155. The van der Waals surface area contributed by atoms with E-state index in [1.165, 1.54) is 12.4 Å². The van der Waals surface area contributed by atoms with Crippen molar-refractivity contribution in [1.29, 1.82) is 0 Å². The Bertz CT molecular complexity index is 819. The average molecular weight is 342 g/mol. The van der Waals surface area contributed by atoms with Gasteiger partial charge in [0.1, 0.15) is 11.4 Å². The summed E-state index contributed by atoms with van der Waals surface area (Å²) in [7, 11) is 0. The second-order valence-electron chi connectivity index (χ2n) is 4.36. The molecule has 0 aliphatic heterocycles. The number of hydrogen-bond donors (Lipinski definition) is 0. The van der Waals surface area contributed by atoms with Gasteiger partial charge in [-0.1, -0.05) is 28.9 Å². The molecular formula is C14H7ClF3N3O2. The average Bonchev–Trinajstić information content (AvgIpc) is 3.00. The monoisotopic (exact) mass is 341 g/mol. The zero-order valence-electron chi connectivity index (χ0n) is 11.2. The number of hydrogen-bond acceptors (Lipinski definition) is 5. The van der Waals surface area contributed by atoms with Crippen LogP contribution in [0, 0.1) is 0 Å². The first kappa shape index (κ1) is 15.3. The van der Waals surface area contributed by atoms with Crippen molar-refractivity contribution in [3.8, 4) is 23.0 Å². The molecule has 0 N–H and O–H groups in total. The van der Waals surface area contributed by atoms with Crippen molar-refractivity contribution in [2.75, 3.05) is 0 Å². The lowest BCUT2D eigenvalue weighted by Crippen LogP contribution is -2.02. The second kappa shape index (κ2) is 5.88. The van der Waals surface area contributed by atoms with Crippen LogP contribution in [-0.4, -0.2) is 15.1 Å². The highest BCUT2D eigenvalue weighted by Crippen LogP contribution is 2.36. The molecule has 0 atom stereocenters. The number of halogens is 4. The van der Waals surface area contributed by atoms with Gasteiger partial charge in [0.2, 0.25) is 5.76 Å². The Morgan fingerprint density at radius 2 is 1.78 bits per heavy atom. The fraction of sp³-hybridized carbons (Fsp3) is 0.0714. The van der Waals surface area contributed by atoms with Crippen LogP contribution >= 0.6 is 11.6 Å². The predicted molar refractivity (Wildman–Crippen MR) is 74.1 cm³/mol. The van der Waals surface area contributed by atoms with E-state index in [4.69, 9.17) is 16.3 Å². The van der Waals surface area contributed by atoms with Crippen LogP contribution in [0.15, 0.2) is 47.2 Å². The Hall–Kier alpha value is -2.61. The van der Waals surface area contributed by atoms with E-state index in [2.05, 4.69) is 19.6 Å². The number of nitrogens with zero attached hydrogens (tertiary/aromatic N) is 3. The molecule has 0 amide bonds. The molecule has 0 spiro atoms. The third-order valence-corrected chi connectivity index (χ3v) is 2.95. The lowest BCUT2D eigenvalue weighted by Gasteiger charge is -2.07. The van der Waals surface area contributed by atoms with Gasteiger partial charge in [-0.3, -0.25) is 0 Å². The van der Waals surface area contributed by atoms with Crippen molar-refractivity contribution in [1.82, 2.24) is 15.1 Å². The topological polar surface area (TPSA) is 61.0 Å². The van der Waals surface area contributed by atoms with Gasteiger partial charge in [0.25, 0.3) is 0 Å². The number of aromatic nitrogens is 3. The van der Waals surface area contributed by atoms with Crippen LogP contribution in [0.5, 0.6) is 11.8 Å². The molecule has 1 aromatic carbocycles. The Kier molecular flexibility index (Phi) is 3.91. The van der Waals surface area contributed by atoms with E-state index in [9.17, 15) is 13.2 Å². The van der Waals surface area contributed by atoms with E-state index in [-0.39, 0.29) is 17.5 Å². The van der Waals surface area contributed by atoms with E-state index in [1.807, 2.05) is 0 Å². The van der Waals surface area contributed by atoms with E-state index in [0.29, 0.717) is 10.6 Å². The fourth-order valence-corrected chi connectivity index (χ4v) is 1.85. The molecule has 0 radical (unpaired) electrons. The summed E-state index contributed by atoms with van der Waals surface area (Å²) < 4.78 is 47.6. The summed E-state index contributed by atoms with van der Waals surface area (Å²) in [5.74, 6) is -0.957. The van der Waals surface area contributed by atoms with Gasteiger partial charge >= 0.3 is 12.2 Å². The number of benzene rings is 1. The minimum absolute atomic E-state index is 0.00129. The second-order valence-corrected chi connectivity index (χ2v) is 4.79. The molecule has 118 valence electrons. The maximum absolute atomic E-state index is 12.6. The first-order valence-electron chi connectivity index (χ1n) is 6.22. The Morgan fingerprint density at radius 1 is 1.09 bits per heavy atom. The van der Waals surface area contributed by atoms with Crippen molar-refractivity contribution >= 4 is 11.6 Å². The maximum atomic E-state index is 12.6. The molecule has 0 unspecified atom stereocenters. The van der Waals surface area contributed by atoms with Gasteiger partial charge in [-0.15, -0.1) is 0 Å². The smallest absolute Gasteiger partial charge is 0.424 e. The molecule has 23 heavy (non-hydrogen) atoms. The van der Waals surface area contributed by atoms with Crippen LogP contribution in [0.2, 0.25) is 5.02 Å². The minimum atomic E-state index is -4.61. The van der Waals surface area contributed by atoms with Crippen LogP contribution in [0.4, 0.5) is 13.2 Å². The molecule has 0 saturated carbocycles. The van der Waals surface area contributed by atoms with E-state index < -0.39 is 11.9 Å². The van der Waals surface area contributed by atoms with Crippen LogP contribution in [0.1, 0.15) is 5.76 Å². The molecule has 0 aliphatic rings. The molecule has 0 bridgehead atoms. The summed E-state index contributed by atoms with van der Waals surface area (Å²) in [6.45, 7) is 0. The molecule has 3 rings (SSSR count). The van der Waals surface area contributed by atoms with Crippen LogP contribution < -0.4 is 4.74 Å². The summed E-state index contributed by atoms with van der Waals surface area (Å²) in [6, 6.07) is 7.18. The van der Waals surface area contributed by atoms with Gasteiger partial charge < -0.3 is 9.26 Å². The highest BCUT2D eigenvalue weighted by Gasteiger charge is 2.36. The van der Waals surface area contributed by atoms with E-state index in [0.717, 1.165) is 6.07 Å². The quantitative estimate of drug-likeness (QED) is 0.697. The summed E-state index contributed by atoms with van der Waals surface area (Å²) in [4.78, 5) is 7.73. The molecule has 2 aromatic heterocycles. The summed E-state index contributed by atoms with van der Waals surface area (Å²) in [5.41, 5.74) is 0.298. The molecule has 0 saturated heterocycles. The number of ether oxygens (including phenoxy) is 1. The predicted octanol–water partition coefficient (Wildman–Crippen LogP) is 4.60. The summed E-state index contributed by atoms with van der Waals surface area (Å²) in [5, 5.41) is 3.76. The number of rotatable bonds is 3. The molecule has 5 nitrogen and oxygen atoms in total. The van der Waals surface area contributed by atoms with E-state index >= 15 is 0 Å². The third kappa shape index (κ3) is 3.42. The fourth-order valence-electron chi connectivity index (χ4n) is 1.75. The van der Waals surface area contributed by atoms with Gasteiger partial charge in [0.15, 0.2) is 0 Å². The van der Waals surface area contributed by atoms with Gasteiger partial charge in [0, 0.05) is 11.6 Å². The van der Waals surface area contributed by atoms with Crippen molar-refractivity contribution in [2.45, 2.75) is 6.18 Å². The largest absolute Gasteiger partial charge is 0.452 e. The Labute approximate surface area is 132 Å². The molecule has 2 heterocycles. The summed E-state index contributed by atoms with van der Waals surface area (Å²) in [6.07, 6.45) is -1.94. The standard InChI is InChI=1S/C14H7ClF3N3O2/c15-8-6-19-13(20-7-8)22-11-4-2-1-3-9(11)10-5-12(23-21-10)14(16,17)18/h1-7H. The van der Waals surface area contributed by atoms with Gasteiger partial charge in [0.05, 0.1) is 17.4 Å². The lowest BCUT2D eigenvalue weighted by atomic mass is 10.1. The first-order valence-corrected chi connectivity index (χ1v) is 6.60. The zero-order valence-corrected chi connectivity index (χ0v) is 12.0. The third-order valence-electron chi connectivity index (χ3n) is 2.75. The van der Waals surface area contributed by atoms with Crippen molar-refractivity contribution in [2.24, 2.45) is 0 Å². The van der Waals surface area contributed by atoms with Gasteiger partial charge in [-0.05, 0) is 12.1 Å². The normalized spacial score (nSPS) is 11.5. The SMILES string of the molecule is FC(F)(F)c1cc(-c2ccccc2Oc2ncc(Cl)cn2)no1. The molecule has 0 fully saturated rings. The zero-order chi connectivity index (χ0) is 16.4. The maximum Gasteiger partial charge on any atom is 0.452 e. The highest BCUT2D eigenvalue weighted by molar-refractivity contribution is 6.30. The highest BCUT2D eigenvalue weighted by atomic mass is 35.5. The Balaban J connectivity index is 1.94. The minimum Gasteiger partial charge on any atom is -0.424 e. The number of alkyl halides is 3. The van der Waals surface area contributed by atoms with Crippen LogP contribution in [0.3, 0.4) is 0 Å². The summed E-state index contributed by atoms with van der Waals surface area (Å²) >= 11 is 5.68. The van der Waals surface area contributed by atoms with Gasteiger partial charge in [-0.25, -0.2) is 9.97 Å². The van der Waals surface area contributed by atoms with Crippen molar-refractivity contribution in [3.05, 3.63) is 53.5 Å². The molecule has 3 aromatic rings. The van der Waals surface area contributed by atoms with Crippen molar-refractivity contribution in [3.63, 3.8) is 0 Å². The number of para-hydroxylation sites is 1. The van der Waals surface area contributed by atoms with Gasteiger partial charge in [-0.2, -0.15) is 13.2 Å². The molecule has 9 heteroatoms. The van der Waals surface area contributed by atoms with Crippen LogP contribution in [0.25, 0.3) is 11.3 Å². The van der Waals surface area contributed by atoms with Crippen molar-refractivity contribution < 1.29 is 22.4 Å². The Morgan fingerprint density at radius 3 is 2.43 bits per heavy atom. The molecule has 0 aliphatic carbocycles. The first-order chi connectivity index (χ1) is 10.9. The van der Waals surface area contributed by atoms with Crippen LogP contribution in [-0.2, 0) is 6.18 Å². The molecular weight excluding hydrogens is 335 g/mol.